The van der Waals surface area contributed by atoms with Crippen LogP contribution in [0.4, 0.5) is 0 Å². The summed E-state index contributed by atoms with van der Waals surface area (Å²) in [4.78, 5) is 20.8. The Labute approximate surface area is 110 Å². The van der Waals surface area contributed by atoms with E-state index in [2.05, 4.69) is 15.0 Å². The van der Waals surface area contributed by atoms with Crippen molar-refractivity contribution >= 4 is 23.7 Å². The van der Waals surface area contributed by atoms with Crippen LogP contribution in [0.1, 0.15) is 27.7 Å². The van der Waals surface area contributed by atoms with Gasteiger partial charge < -0.3 is 14.3 Å². The zero-order chi connectivity index (χ0) is 13.8. The van der Waals surface area contributed by atoms with Crippen LogP contribution in [0.5, 0.6) is 0 Å². The Morgan fingerprint density at radius 3 is 2.42 bits per heavy atom. The third-order valence-electron chi connectivity index (χ3n) is 3.96. The van der Waals surface area contributed by atoms with Gasteiger partial charge in [-0.15, -0.1) is 0 Å². The van der Waals surface area contributed by atoms with Crippen LogP contribution in [-0.4, -0.2) is 33.3 Å². The van der Waals surface area contributed by atoms with Crippen molar-refractivity contribution in [2.75, 3.05) is 0 Å². The number of pyridine rings is 1. The number of hydrogen-bond acceptors (Lipinski definition) is 4. The maximum atomic E-state index is 11.4. The fraction of sp³-hybridized carbons (Fsp3) is 0.500. The molecule has 0 atom stereocenters. The Morgan fingerprint density at radius 2 is 1.79 bits per heavy atom. The van der Waals surface area contributed by atoms with Gasteiger partial charge in [-0.3, -0.25) is 4.98 Å². The standard InChI is InChI=1S/C12H16BN3O3/c1-11(2)12(3,4)19-13(18-11)7-5-6-14-9-8(7)15-10(17)16-9/h5-6H,1-4H3,(H2,14,15,16,17). The first-order valence-electron chi connectivity index (χ1n) is 6.23. The number of H-pyrrole nitrogens is 2. The van der Waals surface area contributed by atoms with Gasteiger partial charge in [0.05, 0.1) is 16.7 Å². The fourth-order valence-corrected chi connectivity index (χ4v) is 2.12. The van der Waals surface area contributed by atoms with E-state index in [1.807, 2.05) is 27.7 Å². The third kappa shape index (κ3) is 1.81. The van der Waals surface area contributed by atoms with E-state index in [0.29, 0.717) is 11.2 Å². The van der Waals surface area contributed by atoms with Crippen LogP contribution in [0.15, 0.2) is 17.1 Å². The van der Waals surface area contributed by atoms with E-state index in [9.17, 15) is 4.79 Å². The Balaban J connectivity index is 2.09. The normalized spacial score (nSPS) is 21.2. The van der Waals surface area contributed by atoms with E-state index < -0.39 is 18.3 Å². The highest BCUT2D eigenvalue weighted by Crippen LogP contribution is 2.36. The molecule has 1 saturated heterocycles. The van der Waals surface area contributed by atoms with Gasteiger partial charge in [-0.25, -0.2) is 9.78 Å². The minimum Gasteiger partial charge on any atom is -0.399 e. The zero-order valence-corrected chi connectivity index (χ0v) is 11.4. The van der Waals surface area contributed by atoms with Gasteiger partial charge in [0.1, 0.15) is 0 Å². The summed E-state index contributed by atoms with van der Waals surface area (Å²) in [5.74, 6) is 0. The van der Waals surface area contributed by atoms with Crippen LogP contribution >= 0.6 is 0 Å². The van der Waals surface area contributed by atoms with E-state index in [0.717, 1.165) is 5.46 Å². The molecular weight excluding hydrogens is 245 g/mol. The summed E-state index contributed by atoms with van der Waals surface area (Å²) in [6, 6.07) is 1.80. The number of imidazole rings is 1. The Hall–Kier alpha value is -1.60. The quantitative estimate of drug-likeness (QED) is 0.734. The highest BCUT2D eigenvalue weighted by Gasteiger charge is 2.52. The molecule has 2 aromatic rings. The van der Waals surface area contributed by atoms with Crippen LogP contribution in [0.2, 0.25) is 0 Å². The third-order valence-corrected chi connectivity index (χ3v) is 3.96. The molecule has 0 bridgehead atoms. The highest BCUT2D eigenvalue weighted by molar-refractivity contribution is 6.64. The second-order valence-corrected chi connectivity index (χ2v) is 5.79. The minimum absolute atomic E-state index is 0.286. The number of aromatic nitrogens is 3. The van der Waals surface area contributed by atoms with Crippen LogP contribution in [0.25, 0.3) is 11.2 Å². The summed E-state index contributed by atoms with van der Waals surface area (Å²) in [7, 11) is -0.512. The summed E-state index contributed by atoms with van der Waals surface area (Å²) < 4.78 is 12.0. The summed E-state index contributed by atoms with van der Waals surface area (Å²) in [6.45, 7) is 7.97. The predicted molar refractivity (Wildman–Crippen MR) is 72.4 cm³/mol. The second kappa shape index (κ2) is 3.71. The Morgan fingerprint density at radius 1 is 1.16 bits per heavy atom. The Kier molecular flexibility index (Phi) is 2.43. The number of fused-ring (bicyclic) bond motifs is 1. The van der Waals surface area contributed by atoms with Crippen molar-refractivity contribution in [2.24, 2.45) is 0 Å². The molecule has 0 aliphatic carbocycles. The lowest BCUT2D eigenvalue weighted by Gasteiger charge is -2.32. The van der Waals surface area contributed by atoms with E-state index in [1.54, 1.807) is 12.3 Å². The van der Waals surface area contributed by atoms with E-state index >= 15 is 0 Å². The van der Waals surface area contributed by atoms with Gasteiger partial charge in [-0.2, -0.15) is 0 Å². The molecule has 3 heterocycles. The van der Waals surface area contributed by atoms with Gasteiger partial charge in [0.15, 0.2) is 5.65 Å². The van der Waals surface area contributed by atoms with Crippen LogP contribution in [0.3, 0.4) is 0 Å². The van der Waals surface area contributed by atoms with E-state index in [4.69, 9.17) is 9.31 Å². The van der Waals surface area contributed by atoms with E-state index in [1.165, 1.54) is 0 Å². The lowest BCUT2D eigenvalue weighted by atomic mass is 9.79. The van der Waals surface area contributed by atoms with Gasteiger partial charge in [-0.05, 0) is 33.8 Å². The number of aromatic amines is 2. The van der Waals surface area contributed by atoms with Crippen molar-refractivity contribution in [3.63, 3.8) is 0 Å². The highest BCUT2D eigenvalue weighted by atomic mass is 16.7. The minimum atomic E-state index is -0.512. The van der Waals surface area contributed by atoms with Gasteiger partial charge in [0.25, 0.3) is 0 Å². The molecule has 6 nitrogen and oxygen atoms in total. The SMILES string of the molecule is CC1(C)OB(c2ccnc3[nH]c(=O)[nH]c23)OC1(C)C. The van der Waals surface area contributed by atoms with Crippen molar-refractivity contribution < 1.29 is 9.31 Å². The van der Waals surface area contributed by atoms with Crippen molar-refractivity contribution in [3.05, 3.63) is 22.7 Å². The molecule has 3 rings (SSSR count). The molecule has 0 radical (unpaired) electrons. The van der Waals surface area contributed by atoms with Gasteiger partial charge in [0, 0.05) is 11.7 Å². The zero-order valence-electron chi connectivity index (χ0n) is 11.4. The summed E-state index contributed by atoms with van der Waals surface area (Å²) in [5.41, 5.74) is 0.810. The van der Waals surface area contributed by atoms with Crippen LogP contribution in [0, 0.1) is 0 Å². The number of hydrogen-bond donors (Lipinski definition) is 2. The molecule has 19 heavy (non-hydrogen) atoms. The summed E-state index contributed by atoms with van der Waals surface area (Å²) in [5, 5.41) is 0. The van der Waals surface area contributed by atoms with Crippen LogP contribution < -0.4 is 11.2 Å². The fourth-order valence-electron chi connectivity index (χ4n) is 2.12. The number of rotatable bonds is 1. The van der Waals surface area contributed by atoms with E-state index in [-0.39, 0.29) is 5.69 Å². The number of nitrogens with one attached hydrogen (secondary N) is 2. The average Bonchev–Trinajstić information content (AvgIpc) is 2.75. The van der Waals surface area contributed by atoms with Gasteiger partial charge in [-0.1, -0.05) is 0 Å². The molecule has 0 amide bonds. The molecule has 1 aliphatic heterocycles. The van der Waals surface area contributed by atoms with Crippen molar-refractivity contribution in [2.45, 2.75) is 38.9 Å². The topological polar surface area (TPSA) is 80.0 Å². The smallest absolute Gasteiger partial charge is 0.399 e. The summed E-state index contributed by atoms with van der Waals surface area (Å²) in [6.07, 6.45) is 1.63. The lowest BCUT2D eigenvalue weighted by molar-refractivity contribution is 0.00578. The molecule has 0 spiro atoms. The molecule has 1 aliphatic rings. The molecule has 0 saturated carbocycles. The van der Waals surface area contributed by atoms with Crippen molar-refractivity contribution in [1.82, 2.24) is 15.0 Å². The largest absolute Gasteiger partial charge is 0.497 e. The number of nitrogens with zero attached hydrogens (tertiary/aromatic N) is 1. The summed E-state index contributed by atoms with van der Waals surface area (Å²) >= 11 is 0. The predicted octanol–water partition coefficient (Wildman–Crippen LogP) is 0.550. The maximum Gasteiger partial charge on any atom is 0.497 e. The first-order valence-corrected chi connectivity index (χ1v) is 6.23. The first-order chi connectivity index (χ1) is 8.80. The van der Waals surface area contributed by atoms with Gasteiger partial charge >= 0.3 is 12.8 Å². The monoisotopic (exact) mass is 261 g/mol. The first kappa shape index (κ1) is 12.4. The molecular formula is C12H16BN3O3. The lowest BCUT2D eigenvalue weighted by Crippen LogP contribution is -2.41. The van der Waals surface area contributed by atoms with Crippen molar-refractivity contribution in [3.8, 4) is 0 Å². The average molecular weight is 261 g/mol. The maximum absolute atomic E-state index is 11.4. The van der Waals surface area contributed by atoms with Crippen molar-refractivity contribution in [1.29, 1.82) is 0 Å². The molecule has 7 heteroatoms. The molecule has 100 valence electrons. The molecule has 0 unspecified atom stereocenters. The Bertz CT molecular complexity index is 673. The van der Waals surface area contributed by atoms with Gasteiger partial charge in [0.2, 0.25) is 0 Å². The van der Waals surface area contributed by atoms with Crippen LogP contribution in [-0.2, 0) is 9.31 Å². The second-order valence-electron chi connectivity index (χ2n) is 5.79. The molecule has 2 aromatic heterocycles. The molecule has 0 aromatic carbocycles. The molecule has 1 fully saturated rings. The molecule has 2 N–H and O–H groups in total.